The van der Waals surface area contributed by atoms with Crippen LogP contribution in [0.15, 0.2) is 36.4 Å². The number of methoxy groups -OCH3 is 1. The molecule has 0 aliphatic heterocycles. The van der Waals surface area contributed by atoms with Crippen molar-refractivity contribution in [3.05, 3.63) is 70.3 Å². The normalized spacial score (nSPS) is 15.4. The standard InChI is InChI=1S/C22H19F5N2O4/c1-11(16-4-3-12(9-17(16)24)19(31)33-2)28-20(32)21(5-6-21)29-18(30)13-7-14(22(25,26)27)10-15(23)8-13/h3-4,7-11H,5-6H2,1-2H3,(H,28,32)(H,29,30)/t11-/m1/s1. The minimum absolute atomic E-state index is 0.0171. The minimum atomic E-state index is -4.85. The van der Waals surface area contributed by atoms with E-state index in [9.17, 15) is 36.3 Å². The van der Waals surface area contributed by atoms with E-state index in [1.807, 2.05) is 0 Å². The molecule has 2 aromatic carbocycles. The zero-order chi connectivity index (χ0) is 24.6. The van der Waals surface area contributed by atoms with E-state index in [-0.39, 0.29) is 30.0 Å². The number of hydrogen-bond acceptors (Lipinski definition) is 4. The van der Waals surface area contributed by atoms with Crippen molar-refractivity contribution < 1.29 is 41.1 Å². The highest BCUT2D eigenvalue weighted by molar-refractivity contribution is 6.01. The summed E-state index contributed by atoms with van der Waals surface area (Å²) in [5.41, 5.74) is -3.27. The van der Waals surface area contributed by atoms with Gasteiger partial charge in [-0.25, -0.2) is 13.6 Å². The van der Waals surface area contributed by atoms with E-state index in [1.165, 1.54) is 19.1 Å². The monoisotopic (exact) mass is 470 g/mol. The summed E-state index contributed by atoms with van der Waals surface area (Å²) in [6.07, 6.45) is -4.46. The molecule has 0 bridgehead atoms. The number of ether oxygens (including phenoxy) is 1. The fourth-order valence-electron chi connectivity index (χ4n) is 3.24. The summed E-state index contributed by atoms with van der Waals surface area (Å²) in [6.45, 7) is 1.48. The van der Waals surface area contributed by atoms with Crippen LogP contribution in [-0.2, 0) is 15.7 Å². The maximum Gasteiger partial charge on any atom is 0.416 e. The quantitative estimate of drug-likeness (QED) is 0.495. The Labute approximate surface area is 185 Å². The number of carbonyl (C=O) groups excluding carboxylic acids is 3. The lowest BCUT2D eigenvalue weighted by molar-refractivity contribution is -0.137. The van der Waals surface area contributed by atoms with E-state index >= 15 is 0 Å². The van der Waals surface area contributed by atoms with Crippen molar-refractivity contribution in [1.82, 2.24) is 10.6 Å². The molecule has 0 aromatic heterocycles. The lowest BCUT2D eigenvalue weighted by Gasteiger charge is -2.22. The third-order valence-electron chi connectivity index (χ3n) is 5.26. The van der Waals surface area contributed by atoms with Crippen LogP contribution in [0.25, 0.3) is 0 Å². The molecule has 2 amide bonds. The predicted molar refractivity (Wildman–Crippen MR) is 105 cm³/mol. The number of alkyl halides is 3. The fourth-order valence-corrected chi connectivity index (χ4v) is 3.24. The molecule has 2 N–H and O–H groups in total. The van der Waals surface area contributed by atoms with Gasteiger partial charge in [0.2, 0.25) is 5.91 Å². The van der Waals surface area contributed by atoms with Gasteiger partial charge in [0, 0.05) is 11.1 Å². The second kappa shape index (κ2) is 8.80. The number of halogens is 5. The molecule has 0 heterocycles. The highest BCUT2D eigenvalue weighted by Crippen LogP contribution is 2.37. The van der Waals surface area contributed by atoms with Crippen LogP contribution in [0.2, 0.25) is 0 Å². The van der Waals surface area contributed by atoms with Crippen LogP contribution in [0.3, 0.4) is 0 Å². The third-order valence-corrected chi connectivity index (χ3v) is 5.26. The van der Waals surface area contributed by atoms with Gasteiger partial charge in [0.25, 0.3) is 5.91 Å². The van der Waals surface area contributed by atoms with Crippen LogP contribution in [0.1, 0.15) is 57.7 Å². The predicted octanol–water partition coefficient (Wildman–Crippen LogP) is 3.91. The first-order chi connectivity index (χ1) is 15.4. The number of nitrogens with one attached hydrogen (secondary N) is 2. The zero-order valence-corrected chi connectivity index (χ0v) is 17.5. The van der Waals surface area contributed by atoms with Crippen molar-refractivity contribution in [2.75, 3.05) is 7.11 Å². The highest BCUT2D eigenvalue weighted by atomic mass is 19.4. The summed E-state index contributed by atoms with van der Waals surface area (Å²) in [5.74, 6) is -4.47. The number of hydrogen-bond donors (Lipinski definition) is 2. The van der Waals surface area contributed by atoms with Crippen LogP contribution < -0.4 is 10.6 Å². The first-order valence-electron chi connectivity index (χ1n) is 9.75. The van der Waals surface area contributed by atoms with Crippen LogP contribution in [0, 0.1) is 11.6 Å². The molecular formula is C22H19F5N2O4. The van der Waals surface area contributed by atoms with E-state index < -0.39 is 58.3 Å². The van der Waals surface area contributed by atoms with Crippen LogP contribution in [0.4, 0.5) is 22.0 Å². The molecule has 11 heteroatoms. The lowest BCUT2D eigenvalue weighted by atomic mass is 10.0. The fraction of sp³-hybridized carbons (Fsp3) is 0.318. The topological polar surface area (TPSA) is 84.5 Å². The van der Waals surface area contributed by atoms with Crippen LogP contribution in [0.5, 0.6) is 0 Å². The Morgan fingerprint density at radius 3 is 2.24 bits per heavy atom. The van der Waals surface area contributed by atoms with Crippen molar-refractivity contribution >= 4 is 17.8 Å². The SMILES string of the molecule is COC(=O)c1ccc([C@@H](C)NC(=O)C2(NC(=O)c3cc(F)cc(C(F)(F)F)c3)CC2)c(F)c1. The van der Waals surface area contributed by atoms with E-state index in [2.05, 4.69) is 15.4 Å². The van der Waals surface area contributed by atoms with Gasteiger partial charge in [-0.05, 0) is 50.1 Å². The van der Waals surface area contributed by atoms with Gasteiger partial charge in [-0.15, -0.1) is 0 Å². The molecule has 1 aliphatic rings. The zero-order valence-electron chi connectivity index (χ0n) is 17.5. The minimum Gasteiger partial charge on any atom is -0.465 e. The molecule has 3 rings (SSSR count). The van der Waals surface area contributed by atoms with Gasteiger partial charge < -0.3 is 15.4 Å². The molecule has 1 aliphatic carbocycles. The summed E-state index contributed by atoms with van der Waals surface area (Å²) >= 11 is 0. The molecule has 0 spiro atoms. The van der Waals surface area contributed by atoms with E-state index in [0.29, 0.717) is 12.1 Å². The van der Waals surface area contributed by atoms with Gasteiger partial charge in [0.05, 0.1) is 24.3 Å². The van der Waals surface area contributed by atoms with Crippen molar-refractivity contribution in [1.29, 1.82) is 0 Å². The Morgan fingerprint density at radius 2 is 1.70 bits per heavy atom. The van der Waals surface area contributed by atoms with E-state index in [1.54, 1.807) is 0 Å². The average Bonchev–Trinajstić information content (AvgIpc) is 3.52. The van der Waals surface area contributed by atoms with Crippen molar-refractivity contribution in [3.63, 3.8) is 0 Å². The number of esters is 1. The number of amides is 2. The van der Waals surface area contributed by atoms with Gasteiger partial charge in [-0.3, -0.25) is 9.59 Å². The Bertz CT molecular complexity index is 1110. The molecule has 1 atom stereocenters. The first-order valence-corrected chi connectivity index (χ1v) is 9.75. The Morgan fingerprint density at radius 1 is 1.03 bits per heavy atom. The van der Waals surface area contributed by atoms with Gasteiger partial charge in [0.1, 0.15) is 17.2 Å². The maximum absolute atomic E-state index is 14.4. The van der Waals surface area contributed by atoms with Crippen molar-refractivity contribution in [2.24, 2.45) is 0 Å². The summed E-state index contributed by atoms with van der Waals surface area (Å²) in [5, 5.41) is 4.89. The largest absolute Gasteiger partial charge is 0.465 e. The maximum atomic E-state index is 14.4. The molecule has 1 saturated carbocycles. The molecule has 0 unspecified atom stereocenters. The Kier molecular flexibility index (Phi) is 6.44. The molecule has 176 valence electrons. The summed E-state index contributed by atoms with van der Waals surface area (Å²) < 4.78 is 71.2. The first kappa shape index (κ1) is 24.1. The van der Waals surface area contributed by atoms with Crippen molar-refractivity contribution in [3.8, 4) is 0 Å². The lowest BCUT2D eigenvalue weighted by Crippen LogP contribution is -2.49. The molecule has 33 heavy (non-hydrogen) atoms. The molecular weight excluding hydrogens is 451 g/mol. The van der Waals surface area contributed by atoms with Gasteiger partial charge in [0.15, 0.2) is 0 Å². The molecule has 6 nitrogen and oxygen atoms in total. The van der Waals surface area contributed by atoms with Crippen LogP contribution >= 0.6 is 0 Å². The molecule has 0 saturated heterocycles. The second-order valence-electron chi connectivity index (χ2n) is 7.69. The number of benzene rings is 2. The molecule has 0 radical (unpaired) electrons. The van der Waals surface area contributed by atoms with E-state index in [4.69, 9.17) is 0 Å². The highest BCUT2D eigenvalue weighted by Gasteiger charge is 2.51. The summed E-state index contributed by atoms with van der Waals surface area (Å²) in [6, 6.07) is 4.12. The van der Waals surface area contributed by atoms with Crippen molar-refractivity contribution in [2.45, 2.75) is 37.5 Å². The van der Waals surface area contributed by atoms with Gasteiger partial charge in [-0.2, -0.15) is 13.2 Å². The Hall–Kier alpha value is -3.50. The number of rotatable bonds is 6. The molecule has 1 fully saturated rings. The summed E-state index contributed by atoms with van der Waals surface area (Å²) in [4.78, 5) is 36.7. The third kappa shape index (κ3) is 5.29. The second-order valence-corrected chi connectivity index (χ2v) is 7.69. The van der Waals surface area contributed by atoms with Gasteiger partial charge in [-0.1, -0.05) is 6.07 Å². The van der Waals surface area contributed by atoms with Crippen LogP contribution in [-0.4, -0.2) is 30.4 Å². The van der Waals surface area contributed by atoms with Gasteiger partial charge >= 0.3 is 12.1 Å². The number of carbonyl (C=O) groups is 3. The van der Waals surface area contributed by atoms with E-state index in [0.717, 1.165) is 13.2 Å². The smallest absolute Gasteiger partial charge is 0.416 e. The Balaban J connectivity index is 1.72. The molecule has 2 aromatic rings. The summed E-state index contributed by atoms with van der Waals surface area (Å²) in [7, 11) is 1.15. The average molecular weight is 470 g/mol.